The highest BCUT2D eigenvalue weighted by atomic mass is 79.9. The molecule has 2 amide bonds. The molecular weight excluding hydrogens is 324 g/mol. The summed E-state index contributed by atoms with van der Waals surface area (Å²) in [4.78, 5) is 29.1. The maximum Gasteiger partial charge on any atom is 0.231 e. The summed E-state index contributed by atoms with van der Waals surface area (Å²) >= 11 is 3.29. The van der Waals surface area contributed by atoms with Crippen LogP contribution >= 0.6 is 15.9 Å². The highest BCUT2D eigenvalue weighted by Crippen LogP contribution is 2.18. The van der Waals surface area contributed by atoms with E-state index >= 15 is 0 Å². The third-order valence-electron chi connectivity index (χ3n) is 3.23. The van der Waals surface area contributed by atoms with Crippen LogP contribution < -0.4 is 11.1 Å². The Morgan fingerprint density at radius 2 is 2.30 bits per heavy atom. The van der Waals surface area contributed by atoms with Crippen molar-refractivity contribution in [2.75, 3.05) is 25.0 Å². The molecule has 0 bridgehead atoms. The first kappa shape index (κ1) is 14.9. The molecule has 1 aromatic heterocycles. The molecule has 2 rings (SSSR count). The van der Waals surface area contributed by atoms with Gasteiger partial charge in [-0.1, -0.05) is 0 Å². The molecule has 1 aliphatic rings. The van der Waals surface area contributed by atoms with E-state index in [4.69, 9.17) is 5.73 Å². The Bertz CT molecular complexity index is 492. The van der Waals surface area contributed by atoms with Crippen LogP contribution in [0.1, 0.15) is 12.8 Å². The van der Waals surface area contributed by atoms with Crippen molar-refractivity contribution in [1.82, 2.24) is 9.88 Å². The fraction of sp³-hybridized carbons (Fsp3) is 0.462. The van der Waals surface area contributed by atoms with Crippen LogP contribution in [0.15, 0.2) is 22.8 Å². The predicted octanol–water partition coefficient (Wildman–Crippen LogP) is 0.980. The Morgan fingerprint density at radius 3 is 2.95 bits per heavy atom. The van der Waals surface area contributed by atoms with Crippen molar-refractivity contribution in [3.63, 3.8) is 0 Å². The molecule has 6 nitrogen and oxygen atoms in total. The van der Waals surface area contributed by atoms with Crippen molar-refractivity contribution >= 4 is 33.6 Å². The molecule has 0 saturated carbocycles. The second kappa shape index (κ2) is 6.81. The zero-order valence-corrected chi connectivity index (χ0v) is 12.6. The van der Waals surface area contributed by atoms with E-state index in [0.29, 0.717) is 12.4 Å². The van der Waals surface area contributed by atoms with E-state index in [1.165, 1.54) is 0 Å². The molecule has 1 aliphatic heterocycles. The lowest BCUT2D eigenvalue weighted by Gasteiger charge is -2.30. The van der Waals surface area contributed by atoms with E-state index in [1.54, 1.807) is 12.3 Å². The first-order valence-electron chi connectivity index (χ1n) is 6.47. The number of nitrogens with two attached hydrogens (primary N) is 1. The number of pyridine rings is 1. The lowest BCUT2D eigenvalue weighted by atomic mass is 9.97. The number of carbonyl (C=O) groups is 2. The van der Waals surface area contributed by atoms with Gasteiger partial charge in [-0.3, -0.25) is 14.5 Å². The van der Waals surface area contributed by atoms with Crippen LogP contribution in [0.3, 0.4) is 0 Å². The second-order valence-electron chi connectivity index (χ2n) is 4.89. The number of aromatic nitrogens is 1. The SMILES string of the molecule is NC(=O)CN1CCCC(C(=O)Nc2ccc(Br)cn2)C1. The van der Waals surface area contributed by atoms with E-state index in [2.05, 4.69) is 26.2 Å². The number of rotatable bonds is 4. The van der Waals surface area contributed by atoms with Crippen molar-refractivity contribution in [2.24, 2.45) is 11.7 Å². The molecule has 0 aromatic carbocycles. The molecule has 0 aliphatic carbocycles. The van der Waals surface area contributed by atoms with Gasteiger partial charge in [0.05, 0.1) is 12.5 Å². The lowest BCUT2D eigenvalue weighted by Crippen LogP contribution is -2.44. The number of anilines is 1. The van der Waals surface area contributed by atoms with Gasteiger partial charge in [0.15, 0.2) is 0 Å². The standard InChI is InChI=1S/C13H17BrN4O2/c14-10-3-4-12(16-6-10)17-13(20)9-2-1-5-18(7-9)8-11(15)19/h3-4,6,9H,1-2,5,7-8H2,(H2,15,19)(H,16,17,20). The van der Waals surface area contributed by atoms with E-state index in [9.17, 15) is 9.59 Å². The summed E-state index contributed by atoms with van der Waals surface area (Å²) in [5, 5.41) is 2.80. The molecule has 1 unspecified atom stereocenters. The third-order valence-corrected chi connectivity index (χ3v) is 3.70. The van der Waals surface area contributed by atoms with Gasteiger partial charge in [0.25, 0.3) is 0 Å². The van der Waals surface area contributed by atoms with Crippen LogP contribution in [0.4, 0.5) is 5.82 Å². The summed E-state index contributed by atoms with van der Waals surface area (Å²) in [6, 6.07) is 3.56. The van der Waals surface area contributed by atoms with E-state index in [1.807, 2.05) is 11.0 Å². The van der Waals surface area contributed by atoms with Gasteiger partial charge in [0.1, 0.15) is 5.82 Å². The van der Waals surface area contributed by atoms with Gasteiger partial charge in [-0.2, -0.15) is 0 Å². The molecule has 1 aromatic rings. The maximum atomic E-state index is 12.2. The van der Waals surface area contributed by atoms with Crippen LogP contribution in [0.25, 0.3) is 0 Å². The molecule has 3 N–H and O–H groups in total. The number of hydrogen-bond acceptors (Lipinski definition) is 4. The van der Waals surface area contributed by atoms with Gasteiger partial charge in [-0.15, -0.1) is 0 Å². The number of primary amides is 1. The number of hydrogen-bond donors (Lipinski definition) is 2. The molecule has 7 heteroatoms. The highest BCUT2D eigenvalue weighted by Gasteiger charge is 2.26. The fourth-order valence-electron chi connectivity index (χ4n) is 2.31. The number of nitrogens with one attached hydrogen (secondary N) is 1. The number of likely N-dealkylation sites (tertiary alicyclic amines) is 1. The van der Waals surface area contributed by atoms with Crippen LogP contribution in [0.5, 0.6) is 0 Å². The summed E-state index contributed by atoms with van der Waals surface area (Å²) in [6.45, 7) is 1.58. The van der Waals surface area contributed by atoms with Gasteiger partial charge >= 0.3 is 0 Å². The first-order chi connectivity index (χ1) is 9.54. The molecule has 2 heterocycles. The molecule has 20 heavy (non-hydrogen) atoms. The van der Waals surface area contributed by atoms with Crippen molar-refractivity contribution in [3.05, 3.63) is 22.8 Å². The number of nitrogens with zero attached hydrogens (tertiary/aromatic N) is 2. The normalized spacial score (nSPS) is 19.6. The Hall–Kier alpha value is -1.47. The molecule has 1 saturated heterocycles. The summed E-state index contributed by atoms with van der Waals surface area (Å²) in [5.41, 5.74) is 5.19. The zero-order chi connectivity index (χ0) is 14.5. The molecular formula is C13H17BrN4O2. The number of amides is 2. The van der Waals surface area contributed by atoms with E-state index in [0.717, 1.165) is 23.9 Å². The minimum atomic E-state index is -0.361. The van der Waals surface area contributed by atoms with Gasteiger partial charge < -0.3 is 11.1 Å². The third kappa shape index (κ3) is 4.28. The van der Waals surface area contributed by atoms with Crippen LogP contribution in [0, 0.1) is 5.92 Å². The Balaban J connectivity index is 1.91. The maximum absolute atomic E-state index is 12.2. The number of piperidine rings is 1. The first-order valence-corrected chi connectivity index (χ1v) is 7.27. The topological polar surface area (TPSA) is 88.3 Å². The highest BCUT2D eigenvalue weighted by molar-refractivity contribution is 9.10. The Kier molecular flexibility index (Phi) is 5.08. The van der Waals surface area contributed by atoms with Crippen LogP contribution in [-0.2, 0) is 9.59 Å². The van der Waals surface area contributed by atoms with Crippen LogP contribution in [0.2, 0.25) is 0 Å². The summed E-state index contributed by atoms with van der Waals surface area (Å²) in [5.74, 6) is -0.0200. The molecule has 0 radical (unpaired) electrons. The number of halogens is 1. The minimum Gasteiger partial charge on any atom is -0.369 e. The van der Waals surface area contributed by atoms with Gasteiger partial charge in [0, 0.05) is 17.2 Å². The van der Waals surface area contributed by atoms with Gasteiger partial charge in [-0.05, 0) is 47.4 Å². The molecule has 108 valence electrons. The fourth-order valence-corrected chi connectivity index (χ4v) is 2.55. The summed E-state index contributed by atoms with van der Waals surface area (Å²) in [6.07, 6.45) is 3.34. The summed E-state index contributed by atoms with van der Waals surface area (Å²) < 4.78 is 0.862. The quantitative estimate of drug-likeness (QED) is 0.855. The summed E-state index contributed by atoms with van der Waals surface area (Å²) in [7, 11) is 0. The second-order valence-corrected chi connectivity index (χ2v) is 5.81. The molecule has 1 fully saturated rings. The largest absolute Gasteiger partial charge is 0.369 e. The van der Waals surface area contributed by atoms with Crippen LogP contribution in [-0.4, -0.2) is 41.3 Å². The van der Waals surface area contributed by atoms with Crippen molar-refractivity contribution < 1.29 is 9.59 Å². The predicted molar refractivity (Wildman–Crippen MR) is 78.9 cm³/mol. The van der Waals surface area contributed by atoms with E-state index < -0.39 is 0 Å². The van der Waals surface area contributed by atoms with Gasteiger partial charge in [-0.25, -0.2) is 4.98 Å². The monoisotopic (exact) mass is 340 g/mol. The lowest BCUT2D eigenvalue weighted by molar-refractivity contribution is -0.124. The Labute approximate surface area is 125 Å². The molecule has 0 spiro atoms. The average Bonchev–Trinajstić information content (AvgIpc) is 2.41. The van der Waals surface area contributed by atoms with E-state index in [-0.39, 0.29) is 24.3 Å². The minimum absolute atomic E-state index is 0.0611. The van der Waals surface area contributed by atoms with Crippen molar-refractivity contribution in [2.45, 2.75) is 12.8 Å². The smallest absolute Gasteiger partial charge is 0.231 e. The average molecular weight is 341 g/mol. The van der Waals surface area contributed by atoms with Gasteiger partial charge in [0.2, 0.25) is 11.8 Å². The zero-order valence-electron chi connectivity index (χ0n) is 11.0. The van der Waals surface area contributed by atoms with Crippen molar-refractivity contribution in [1.29, 1.82) is 0 Å². The molecule has 1 atom stereocenters. The Morgan fingerprint density at radius 1 is 1.50 bits per heavy atom. The van der Waals surface area contributed by atoms with Crippen molar-refractivity contribution in [3.8, 4) is 0 Å². The number of carbonyl (C=O) groups excluding carboxylic acids is 2.